The Bertz CT molecular complexity index is 1170. The molecule has 0 saturated carbocycles. The first-order valence-electron chi connectivity index (χ1n) is 9.99. The van der Waals surface area contributed by atoms with Gasteiger partial charge in [0.2, 0.25) is 5.91 Å². The molecule has 3 amide bonds. The smallest absolute Gasteiger partial charge is 0.322 e. The number of nitrogens with one attached hydrogen (secondary N) is 1. The molecule has 31 heavy (non-hydrogen) atoms. The number of fused-ring (bicyclic) bond motifs is 3. The fraction of sp³-hybridized carbons (Fsp3) is 0.261. The number of rotatable bonds is 3. The highest BCUT2D eigenvalue weighted by molar-refractivity contribution is 5.95. The molecule has 2 heterocycles. The molecule has 2 aromatic rings. The van der Waals surface area contributed by atoms with Crippen molar-refractivity contribution in [3.8, 4) is 6.07 Å². The number of halogens is 2. The number of carbonyl (C=O) groups is 2. The average Bonchev–Trinajstić information content (AvgIpc) is 3.39. The van der Waals surface area contributed by atoms with Crippen molar-refractivity contribution in [1.82, 2.24) is 9.80 Å². The Hall–Kier alpha value is -3.73. The molecule has 2 aliphatic heterocycles. The topological polar surface area (TPSA) is 76.4 Å². The minimum Gasteiger partial charge on any atom is -0.334 e. The first kappa shape index (κ1) is 19.2. The molecule has 0 aromatic heterocycles. The van der Waals surface area contributed by atoms with Gasteiger partial charge in [0.25, 0.3) is 0 Å². The lowest BCUT2D eigenvalue weighted by molar-refractivity contribution is -0.132. The summed E-state index contributed by atoms with van der Waals surface area (Å²) in [6, 6.07) is 11.2. The van der Waals surface area contributed by atoms with E-state index in [-0.39, 0.29) is 42.2 Å². The molecule has 6 nitrogen and oxygen atoms in total. The zero-order valence-electron chi connectivity index (χ0n) is 16.4. The second kappa shape index (κ2) is 7.20. The fourth-order valence-electron chi connectivity index (χ4n) is 4.65. The van der Waals surface area contributed by atoms with Crippen molar-refractivity contribution in [2.45, 2.75) is 19.0 Å². The second-order valence-electron chi connectivity index (χ2n) is 8.03. The maximum absolute atomic E-state index is 14.1. The molecular weight excluding hydrogens is 402 g/mol. The van der Waals surface area contributed by atoms with Crippen molar-refractivity contribution >= 4 is 23.2 Å². The lowest BCUT2D eigenvalue weighted by Gasteiger charge is -2.32. The quantitative estimate of drug-likeness (QED) is 0.826. The van der Waals surface area contributed by atoms with Crippen LogP contribution in [-0.2, 0) is 11.3 Å². The molecule has 3 aliphatic rings. The van der Waals surface area contributed by atoms with E-state index in [9.17, 15) is 18.4 Å². The van der Waals surface area contributed by atoms with Crippen molar-refractivity contribution in [3.05, 3.63) is 70.8 Å². The van der Waals surface area contributed by atoms with E-state index in [1.807, 2.05) is 12.1 Å². The molecule has 2 unspecified atom stereocenters. The van der Waals surface area contributed by atoms with Gasteiger partial charge in [-0.25, -0.2) is 13.6 Å². The third-order valence-corrected chi connectivity index (χ3v) is 6.22. The number of hydrogen-bond donors (Lipinski definition) is 1. The number of likely N-dealkylation sites (tertiary alicyclic amines) is 1. The summed E-state index contributed by atoms with van der Waals surface area (Å²) in [6.07, 6.45) is 2.88. The summed E-state index contributed by atoms with van der Waals surface area (Å²) < 4.78 is 27.7. The van der Waals surface area contributed by atoms with Crippen LogP contribution in [0.3, 0.4) is 0 Å². The van der Waals surface area contributed by atoms with Gasteiger partial charge in [-0.3, -0.25) is 4.79 Å². The van der Waals surface area contributed by atoms with Crippen LogP contribution >= 0.6 is 0 Å². The van der Waals surface area contributed by atoms with E-state index in [1.54, 1.807) is 17.0 Å². The largest absolute Gasteiger partial charge is 0.334 e. The maximum atomic E-state index is 14.1. The van der Waals surface area contributed by atoms with Gasteiger partial charge in [0.15, 0.2) is 11.6 Å². The van der Waals surface area contributed by atoms with Crippen molar-refractivity contribution in [1.29, 1.82) is 5.26 Å². The highest BCUT2D eigenvalue weighted by atomic mass is 19.2. The standard InChI is InChI=1S/C23H18F2N4O2/c24-19-5-6-20-18(22(19)25)11-28(23(31)27-20)12-21(30)29-10-15-7-16(29)8-17(15)14-3-1-13(9-26)2-4-14/h1-6,8,15-16H,7,10-12H2,(H,27,31). The number of benzene rings is 2. The molecule has 0 radical (unpaired) electrons. The van der Waals surface area contributed by atoms with Crippen LogP contribution in [0, 0.1) is 28.9 Å². The number of nitriles is 1. The predicted octanol–water partition coefficient (Wildman–Crippen LogP) is 3.50. The summed E-state index contributed by atoms with van der Waals surface area (Å²) in [6.45, 7) is 0.180. The Morgan fingerprint density at radius 3 is 2.65 bits per heavy atom. The summed E-state index contributed by atoms with van der Waals surface area (Å²) >= 11 is 0. The van der Waals surface area contributed by atoms with Crippen LogP contribution in [0.15, 0.2) is 42.5 Å². The summed E-state index contributed by atoms with van der Waals surface area (Å²) in [5, 5.41) is 11.5. The van der Waals surface area contributed by atoms with Gasteiger partial charge in [0.05, 0.1) is 29.9 Å². The zero-order chi connectivity index (χ0) is 21.7. The molecule has 5 rings (SSSR count). The van der Waals surface area contributed by atoms with Crippen LogP contribution in [-0.4, -0.2) is 40.9 Å². The highest BCUT2D eigenvalue weighted by Crippen LogP contribution is 2.42. The van der Waals surface area contributed by atoms with Crippen molar-refractivity contribution in [2.75, 3.05) is 18.4 Å². The molecule has 1 fully saturated rings. The summed E-state index contributed by atoms with van der Waals surface area (Å²) in [4.78, 5) is 28.2. The number of urea groups is 1. The molecule has 1 aliphatic carbocycles. The number of carbonyl (C=O) groups excluding carboxylic acids is 2. The lowest BCUT2D eigenvalue weighted by Crippen LogP contribution is -2.47. The van der Waals surface area contributed by atoms with Gasteiger partial charge >= 0.3 is 6.03 Å². The SMILES string of the molecule is N#Cc1ccc(C2=CC3CC2CN3C(=O)CN2Cc3c(ccc(F)c3F)NC2=O)cc1. The molecule has 1 N–H and O–H groups in total. The zero-order valence-corrected chi connectivity index (χ0v) is 16.4. The lowest BCUT2D eigenvalue weighted by atomic mass is 9.95. The van der Waals surface area contributed by atoms with Gasteiger partial charge < -0.3 is 15.1 Å². The fourth-order valence-corrected chi connectivity index (χ4v) is 4.65. The van der Waals surface area contributed by atoms with E-state index in [0.29, 0.717) is 12.1 Å². The van der Waals surface area contributed by atoms with E-state index >= 15 is 0 Å². The number of amides is 3. The third-order valence-electron chi connectivity index (χ3n) is 6.22. The van der Waals surface area contributed by atoms with Gasteiger partial charge in [-0.15, -0.1) is 0 Å². The Balaban J connectivity index is 1.29. The second-order valence-corrected chi connectivity index (χ2v) is 8.03. The van der Waals surface area contributed by atoms with Crippen molar-refractivity contribution in [2.24, 2.45) is 5.92 Å². The molecule has 2 atom stereocenters. The highest BCUT2D eigenvalue weighted by Gasteiger charge is 2.42. The average molecular weight is 420 g/mol. The summed E-state index contributed by atoms with van der Waals surface area (Å²) in [5.74, 6) is -2.02. The van der Waals surface area contributed by atoms with Crippen LogP contribution in [0.5, 0.6) is 0 Å². The minimum atomic E-state index is -1.01. The third kappa shape index (κ3) is 3.22. The van der Waals surface area contributed by atoms with Crippen molar-refractivity contribution < 1.29 is 18.4 Å². The molecule has 8 heteroatoms. The Labute approximate surface area is 177 Å². The van der Waals surface area contributed by atoms with Gasteiger partial charge in [0, 0.05) is 18.0 Å². The number of nitrogens with zero attached hydrogens (tertiary/aromatic N) is 3. The monoisotopic (exact) mass is 420 g/mol. The van der Waals surface area contributed by atoms with E-state index in [4.69, 9.17) is 5.26 Å². The first-order valence-corrected chi connectivity index (χ1v) is 9.99. The molecule has 156 valence electrons. The van der Waals surface area contributed by atoms with Crippen molar-refractivity contribution in [3.63, 3.8) is 0 Å². The van der Waals surface area contributed by atoms with Crippen LogP contribution in [0.4, 0.5) is 19.3 Å². The van der Waals surface area contributed by atoms with Gasteiger partial charge in [0.1, 0.15) is 6.54 Å². The Kier molecular flexibility index (Phi) is 4.47. The summed E-state index contributed by atoms with van der Waals surface area (Å²) in [5.41, 5.74) is 3.08. The molecule has 2 aromatic carbocycles. The first-order chi connectivity index (χ1) is 14.9. The molecule has 2 bridgehead atoms. The van der Waals surface area contributed by atoms with Crippen LogP contribution in [0.1, 0.15) is 23.1 Å². The van der Waals surface area contributed by atoms with Gasteiger partial charge in [-0.1, -0.05) is 18.2 Å². The predicted molar refractivity (Wildman–Crippen MR) is 109 cm³/mol. The van der Waals surface area contributed by atoms with Gasteiger partial charge in [-0.05, 0) is 41.8 Å². The van der Waals surface area contributed by atoms with Crippen LogP contribution < -0.4 is 5.32 Å². The van der Waals surface area contributed by atoms with E-state index in [1.165, 1.54) is 16.5 Å². The maximum Gasteiger partial charge on any atom is 0.322 e. The van der Waals surface area contributed by atoms with Gasteiger partial charge in [-0.2, -0.15) is 5.26 Å². The van der Waals surface area contributed by atoms with E-state index < -0.39 is 17.7 Å². The molecule has 0 spiro atoms. The number of anilines is 1. The Morgan fingerprint density at radius 1 is 1.19 bits per heavy atom. The van der Waals surface area contributed by atoms with E-state index in [2.05, 4.69) is 17.5 Å². The van der Waals surface area contributed by atoms with E-state index in [0.717, 1.165) is 18.1 Å². The molecule has 1 saturated heterocycles. The molecular formula is C23H18F2N4O2. The number of hydrogen-bond acceptors (Lipinski definition) is 3. The minimum absolute atomic E-state index is 0.0401. The van der Waals surface area contributed by atoms with Crippen LogP contribution in [0.25, 0.3) is 5.57 Å². The normalized spacial score (nSPS) is 21.5. The Morgan fingerprint density at radius 2 is 1.97 bits per heavy atom. The summed E-state index contributed by atoms with van der Waals surface area (Å²) in [7, 11) is 0. The van der Waals surface area contributed by atoms with Crippen LogP contribution in [0.2, 0.25) is 0 Å².